The Morgan fingerprint density at radius 1 is 1.33 bits per heavy atom. The highest BCUT2D eigenvalue weighted by atomic mass is 16.5. The van der Waals surface area contributed by atoms with Crippen molar-refractivity contribution in [2.75, 3.05) is 0 Å². The first-order valence-electron chi connectivity index (χ1n) is 8.95. The average Bonchev–Trinajstić information content (AvgIpc) is 3.04. The Hall–Kier alpha value is -2.89. The third-order valence-electron chi connectivity index (χ3n) is 5.08. The first kappa shape index (κ1) is 18.9. The van der Waals surface area contributed by atoms with Crippen LogP contribution < -0.4 is 4.74 Å². The van der Waals surface area contributed by atoms with Crippen LogP contribution in [0.25, 0.3) is 11.6 Å². The molecule has 0 spiro atoms. The van der Waals surface area contributed by atoms with Gasteiger partial charge >= 0.3 is 5.97 Å². The van der Waals surface area contributed by atoms with Crippen LogP contribution in [-0.2, 0) is 23.1 Å². The van der Waals surface area contributed by atoms with Gasteiger partial charge in [0.25, 0.3) is 0 Å². The lowest BCUT2D eigenvalue weighted by atomic mass is 9.85. The number of carbonyl (C=O) groups is 2. The Bertz CT molecular complexity index is 924. The molecule has 0 saturated carbocycles. The third kappa shape index (κ3) is 3.65. The van der Waals surface area contributed by atoms with Crippen molar-refractivity contribution in [2.24, 2.45) is 12.5 Å². The van der Waals surface area contributed by atoms with Crippen LogP contribution in [0.15, 0.2) is 30.6 Å². The van der Waals surface area contributed by atoms with Gasteiger partial charge in [-0.2, -0.15) is 0 Å². The molecule has 1 aliphatic heterocycles. The second-order valence-corrected chi connectivity index (χ2v) is 7.45. The first-order chi connectivity index (χ1) is 12.7. The standard InChI is InChI=1S/C21H24N2O4/c1-13-16(19-22-9-10-23(19)4)12-15-11-14(5-7-17(15)27-13)6-8-18(24)21(2,3)20(25)26/h5,7,9-13H,6,8H2,1-4H3,(H,25,26). The summed E-state index contributed by atoms with van der Waals surface area (Å²) in [6.45, 7) is 4.88. The molecule has 0 bridgehead atoms. The molecule has 6 heteroatoms. The number of Topliss-reactive ketones (excluding diaryl/α,β-unsaturated/α-hetero) is 1. The van der Waals surface area contributed by atoms with E-state index in [4.69, 9.17) is 4.74 Å². The predicted octanol–water partition coefficient (Wildman–Crippen LogP) is 3.35. The predicted molar refractivity (Wildman–Crippen MR) is 102 cm³/mol. The van der Waals surface area contributed by atoms with Crippen molar-refractivity contribution in [3.05, 3.63) is 47.5 Å². The fourth-order valence-electron chi connectivity index (χ4n) is 3.09. The van der Waals surface area contributed by atoms with Crippen molar-refractivity contribution in [1.29, 1.82) is 0 Å². The fraction of sp³-hybridized carbons (Fsp3) is 0.381. The van der Waals surface area contributed by atoms with Crippen LogP contribution >= 0.6 is 0 Å². The zero-order valence-electron chi connectivity index (χ0n) is 16.0. The molecule has 1 atom stereocenters. The maximum absolute atomic E-state index is 12.2. The van der Waals surface area contributed by atoms with Gasteiger partial charge in [0.15, 0.2) is 0 Å². The lowest BCUT2D eigenvalue weighted by molar-refractivity contribution is -0.152. The van der Waals surface area contributed by atoms with E-state index in [1.165, 1.54) is 13.8 Å². The second-order valence-electron chi connectivity index (χ2n) is 7.45. The summed E-state index contributed by atoms with van der Waals surface area (Å²) in [5.41, 5.74) is 1.54. The molecule has 1 unspecified atom stereocenters. The van der Waals surface area contributed by atoms with Crippen molar-refractivity contribution in [3.8, 4) is 5.75 Å². The smallest absolute Gasteiger partial charge is 0.316 e. The SMILES string of the molecule is CC1Oc2ccc(CCC(=O)C(C)(C)C(=O)O)cc2C=C1c1nccn1C. The zero-order valence-corrected chi connectivity index (χ0v) is 16.0. The summed E-state index contributed by atoms with van der Waals surface area (Å²) in [4.78, 5) is 27.8. The summed E-state index contributed by atoms with van der Waals surface area (Å²) in [5.74, 6) is 0.281. The number of aliphatic carboxylic acids is 1. The number of hydrogen-bond donors (Lipinski definition) is 1. The zero-order chi connectivity index (χ0) is 19.8. The number of aromatic nitrogens is 2. The van der Waals surface area contributed by atoms with Gasteiger partial charge in [0, 0.05) is 37.0 Å². The molecule has 1 N–H and O–H groups in total. The number of ketones is 1. The fourth-order valence-corrected chi connectivity index (χ4v) is 3.09. The van der Waals surface area contributed by atoms with Gasteiger partial charge in [-0.15, -0.1) is 0 Å². The van der Waals surface area contributed by atoms with Crippen LogP contribution in [0, 0.1) is 5.41 Å². The molecule has 6 nitrogen and oxygen atoms in total. The van der Waals surface area contributed by atoms with Gasteiger partial charge in [-0.1, -0.05) is 6.07 Å². The largest absolute Gasteiger partial charge is 0.485 e. The Morgan fingerprint density at radius 2 is 2.07 bits per heavy atom. The Labute approximate surface area is 158 Å². The molecular weight excluding hydrogens is 344 g/mol. The van der Waals surface area contributed by atoms with E-state index in [1.54, 1.807) is 6.20 Å². The number of imidazole rings is 1. The van der Waals surface area contributed by atoms with E-state index in [1.807, 2.05) is 42.9 Å². The van der Waals surface area contributed by atoms with Gasteiger partial charge in [0.1, 0.15) is 28.9 Å². The highest BCUT2D eigenvalue weighted by Crippen LogP contribution is 2.34. The first-order valence-corrected chi connectivity index (χ1v) is 8.95. The number of ether oxygens (including phenoxy) is 1. The lowest BCUT2D eigenvalue weighted by Crippen LogP contribution is -2.33. The highest BCUT2D eigenvalue weighted by Gasteiger charge is 2.35. The van der Waals surface area contributed by atoms with Crippen molar-refractivity contribution >= 4 is 23.4 Å². The number of nitrogens with zero attached hydrogens (tertiary/aromatic N) is 2. The van der Waals surface area contributed by atoms with Gasteiger partial charge in [0.05, 0.1) is 0 Å². The van der Waals surface area contributed by atoms with Crippen LogP contribution in [0.2, 0.25) is 0 Å². The molecule has 142 valence electrons. The number of fused-ring (bicyclic) bond motifs is 1. The van der Waals surface area contributed by atoms with Gasteiger partial charge < -0.3 is 14.4 Å². The van der Waals surface area contributed by atoms with Crippen molar-refractivity contribution in [1.82, 2.24) is 9.55 Å². The minimum atomic E-state index is -1.36. The van der Waals surface area contributed by atoms with E-state index < -0.39 is 11.4 Å². The topological polar surface area (TPSA) is 81.4 Å². The van der Waals surface area contributed by atoms with Crippen molar-refractivity contribution < 1.29 is 19.4 Å². The van der Waals surface area contributed by atoms with E-state index in [2.05, 4.69) is 11.1 Å². The molecule has 3 rings (SSSR count). The van der Waals surface area contributed by atoms with Crippen LogP contribution in [-0.4, -0.2) is 32.5 Å². The number of carbonyl (C=O) groups excluding carboxylic acids is 1. The summed E-state index contributed by atoms with van der Waals surface area (Å²) >= 11 is 0. The number of benzene rings is 1. The number of carboxylic acids is 1. The summed E-state index contributed by atoms with van der Waals surface area (Å²) in [6, 6.07) is 5.82. The highest BCUT2D eigenvalue weighted by molar-refractivity contribution is 6.02. The lowest BCUT2D eigenvalue weighted by Gasteiger charge is -2.25. The third-order valence-corrected chi connectivity index (χ3v) is 5.08. The average molecular weight is 368 g/mol. The molecular formula is C21H24N2O4. The molecule has 2 heterocycles. The molecule has 0 fully saturated rings. The molecule has 1 aliphatic rings. The number of rotatable bonds is 6. The van der Waals surface area contributed by atoms with Gasteiger partial charge in [-0.25, -0.2) is 4.98 Å². The number of carboxylic acid groups (broad SMARTS) is 1. The Morgan fingerprint density at radius 3 is 2.70 bits per heavy atom. The molecule has 2 aromatic rings. The molecule has 0 aliphatic carbocycles. The molecule has 1 aromatic carbocycles. The van der Waals surface area contributed by atoms with Crippen LogP contribution in [0.1, 0.15) is 44.1 Å². The Kier molecular flexibility index (Phi) is 4.91. The molecule has 1 aromatic heterocycles. The van der Waals surface area contributed by atoms with E-state index in [0.717, 1.165) is 28.3 Å². The summed E-state index contributed by atoms with van der Waals surface area (Å²) < 4.78 is 7.97. The molecule has 0 amide bonds. The second kappa shape index (κ2) is 7.02. The maximum atomic E-state index is 12.2. The summed E-state index contributed by atoms with van der Waals surface area (Å²) in [5, 5.41) is 9.18. The quantitative estimate of drug-likeness (QED) is 0.791. The van der Waals surface area contributed by atoms with E-state index in [-0.39, 0.29) is 18.3 Å². The van der Waals surface area contributed by atoms with E-state index in [9.17, 15) is 14.7 Å². The molecule has 27 heavy (non-hydrogen) atoms. The molecule has 0 radical (unpaired) electrons. The Balaban J connectivity index is 1.82. The number of hydrogen-bond acceptors (Lipinski definition) is 4. The minimum Gasteiger partial charge on any atom is -0.485 e. The number of aryl methyl sites for hydroxylation is 2. The van der Waals surface area contributed by atoms with Crippen LogP contribution in [0.3, 0.4) is 0 Å². The van der Waals surface area contributed by atoms with E-state index in [0.29, 0.717) is 6.42 Å². The van der Waals surface area contributed by atoms with Crippen LogP contribution in [0.4, 0.5) is 0 Å². The van der Waals surface area contributed by atoms with Crippen LogP contribution in [0.5, 0.6) is 5.75 Å². The molecule has 0 saturated heterocycles. The van der Waals surface area contributed by atoms with Gasteiger partial charge in [0.2, 0.25) is 0 Å². The summed E-state index contributed by atoms with van der Waals surface area (Å²) in [7, 11) is 1.94. The maximum Gasteiger partial charge on any atom is 0.316 e. The van der Waals surface area contributed by atoms with E-state index >= 15 is 0 Å². The normalized spacial score (nSPS) is 16.3. The minimum absolute atomic E-state index is 0.109. The van der Waals surface area contributed by atoms with Crippen molar-refractivity contribution in [2.45, 2.75) is 39.7 Å². The monoisotopic (exact) mass is 368 g/mol. The van der Waals surface area contributed by atoms with Crippen molar-refractivity contribution in [3.63, 3.8) is 0 Å². The van der Waals surface area contributed by atoms with Gasteiger partial charge in [-0.05, 0) is 51.0 Å². The van der Waals surface area contributed by atoms with Gasteiger partial charge in [-0.3, -0.25) is 9.59 Å². The summed E-state index contributed by atoms with van der Waals surface area (Å²) in [6.07, 6.45) is 6.28.